The van der Waals surface area contributed by atoms with Crippen LogP contribution in [0.25, 0.3) is 0 Å². The Morgan fingerprint density at radius 3 is 1.47 bits per heavy atom. The van der Waals surface area contributed by atoms with Crippen LogP contribution in [0.15, 0.2) is 64.6 Å². The van der Waals surface area contributed by atoms with Gasteiger partial charge in [-0.25, -0.2) is 0 Å². The zero-order valence-electron chi connectivity index (χ0n) is 28.6. The molecule has 0 bridgehead atoms. The Balaban J connectivity index is 2.03. The molecule has 0 aromatic heterocycles. The lowest BCUT2D eigenvalue weighted by Crippen LogP contribution is -2.18. The van der Waals surface area contributed by atoms with Crippen LogP contribution < -0.4 is 0 Å². The molecule has 43 heavy (non-hydrogen) atoms. The number of phenols is 2. The van der Waals surface area contributed by atoms with E-state index in [0.29, 0.717) is 13.0 Å². The number of nitrogens with zero attached hydrogens (tertiary/aromatic N) is 2. The third kappa shape index (κ3) is 9.05. The van der Waals surface area contributed by atoms with Crippen molar-refractivity contribution < 1.29 is 10.2 Å². The summed E-state index contributed by atoms with van der Waals surface area (Å²) in [5.74, 6) is 0.566. The highest BCUT2D eigenvalue weighted by atomic mass is 16.3. The summed E-state index contributed by atoms with van der Waals surface area (Å²) < 4.78 is 0. The van der Waals surface area contributed by atoms with Crippen molar-refractivity contribution in [2.24, 2.45) is 9.98 Å². The zero-order valence-corrected chi connectivity index (χ0v) is 28.6. The number of hydrogen-bond donors (Lipinski definition) is 2. The zero-order chi connectivity index (χ0) is 32.4. The number of hydrogen-bond acceptors (Lipinski definition) is 4. The van der Waals surface area contributed by atoms with Crippen LogP contribution in [0.5, 0.6) is 11.5 Å². The molecule has 0 saturated carbocycles. The van der Waals surface area contributed by atoms with Crippen molar-refractivity contribution >= 4 is 12.4 Å². The molecule has 0 heterocycles. The summed E-state index contributed by atoms with van der Waals surface area (Å²) in [5.41, 5.74) is 6.25. The van der Waals surface area contributed by atoms with E-state index in [2.05, 4.69) is 113 Å². The Morgan fingerprint density at radius 1 is 0.605 bits per heavy atom. The molecule has 1 atom stereocenters. The molecule has 0 aliphatic rings. The number of rotatable bonds is 7. The van der Waals surface area contributed by atoms with Crippen LogP contribution in [0.3, 0.4) is 0 Å². The lowest BCUT2D eigenvalue weighted by Gasteiger charge is -2.27. The van der Waals surface area contributed by atoms with Gasteiger partial charge in [0, 0.05) is 34.7 Å². The van der Waals surface area contributed by atoms with Crippen LogP contribution >= 0.6 is 0 Å². The molecule has 0 amide bonds. The normalized spacial score (nSPS) is 14.1. The monoisotopic (exact) mass is 582 g/mol. The second-order valence-electron chi connectivity index (χ2n) is 16.0. The third-order valence-corrected chi connectivity index (χ3v) is 7.91. The Kier molecular flexibility index (Phi) is 10.1. The molecular formula is C39H54N2O2. The molecule has 0 spiro atoms. The first-order valence-electron chi connectivity index (χ1n) is 15.5. The minimum absolute atomic E-state index is 0.0636. The van der Waals surface area contributed by atoms with Crippen LogP contribution in [0.2, 0.25) is 0 Å². The maximum atomic E-state index is 11.3. The van der Waals surface area contributed by atoms with Gasteiger partial charge in [0.05, 0.1) is 12.6 Å². The smallest absolute Gasteiger partial charge is 0.128 e. The largest absolute Gasteiger partial charge is 0.507 e. The fourth-order valence-electron chi connectivity index (χ4n) is 5.03. The van der Waals surface area contributed by atoms with Gasteiger partial charge in [0.2, 0.25) is 0 Å². The quantitative estimate of drug-likeness (QED) is 0.273. The van der Waals surface area contributed by atoms with Gasteiger partial charge in [-0.15, -0.1) is 0 Å². The minimum Gasteiger partial charge on any atom is -0.507 e. The summed E-state index contributed by atoms with van der Waals surface area (Å²) in [6.45, 7) is 26.3. The lowest BCUT2D eigenvalue weighted by atomic mass is 9.79. The van der Waals surface area contributed by atoms with Gasteiger partial charge in [-0.3, -0.25) is 9.98 Å². The van der Waals surface area contributed by atoms with Crippen LogP contribution in [0, 0.1) is 0 Å². The van der Waals surface area contributed by atoms with E-state index >= 15 is 0 Å². The highest BCUT2D eigenvalue weighted by Gasteiger charge is 2.26. The molecule has 3 aromatic carbocycles. The molecule has 4 nitrogen and oxygen atoms in total. The predicted octanol–water partition coefficient (Wildman–Crippen LogP) is 9.44. The van der Waals surface area contributed by atoms with E-state index < -0.39 is 0 Å². The molecule has 0 saturated heterocycles. The molecule has 4 heteroatoms. The summed E-state index contributed by atoms with van der Waals surface area (Å²) in [6, 6.07) is 18.5. The number of aromatic hydroxyl groups is 2. The maximum absolute atomic E-state index is 11.3. The highest BCUT2D eigenvalue weighted by molar-refractivity contribution is 5.86. The van der Waals surface area contributed by atoms with Crippen LogP contribution in [0.4, 0.5) is 0 Å². The molecule has 0 radical (unpaired) electrons. The Labute approximate surface area is 261 Å². The molecule has 0 aliphatic heterocycles. The lowest BCUT2D eigenvalue weighted by molar-refractivity contribution is 0.443. The molecule has 3 aromatic rings. The van der Waals surface area contributed by atoms with Crippen molar-refractivity contribution in [3.63, 3.8) is 0 Å². The average Bonchev–Trinajstić information content (AvgIpc) is 2.86. The molecule has 232 valence electrons. The standard InChI is InChI=1S/C39H54N2O2/c1-36(2,3)29-19-27(34(42)32(21-29)38(7,8)9)23-40-25-31(18-26-16-14-13-15-17-26)41-24-28-20-30(37(4,5)6)22-33(35(28)43)39(10,11)12/h13-17,19-24,31,42-43H,18,25H2,1-12H3. The molecule has 0 fully saturated rings. The molecule has 0 aliphatic carbocycles. The summed E-state index contributed by atoms with van der Waals surface area (Å²) in [6.07, 6.45) is 4.32. The van der Waals surface area contributed by atoms with Gasteiger partial charge in [-0.2, -0.15) is 0 Å². The Hall–Kier alpha value is -3.40. The maximum Gasteiger partial charge on any atom is 0.128 e. The minimum atomic E-state index is -0.211. The fraction of sp³-hybridized carbons (Fsp3) is 0.487. The van der Waals surface area contributed by atoms with Crippen LogP contribution in [0.1, 0.15) is 122 Å². The van der Waals surface area contributed by atoms with E-state index in [1.165, 1.54) is 11.1 Å². The van der Waals surface area contributed by atoms with Crippen molar-refractivity contribution in [1.29, 1.82) is 0 Å². The van der Waals surface area contributed by atoms with Gasteiger partial charge in [0.25, 0.3) is 0 Å². The van der Waals surface area contributed by atoms with Crippen molar-refractivity contribution in [3.05, 3.63) is 93.5 Å². The van der Waals surface area contributed by atoms with E-state index in [4.69, 9.17) is 9.98 Å². The Morgan fingerprint density at radius 2 is 1.05 bits per heavy atom. The predicted molar refractivity (Wildman–Crippen MR) is 185 cm³/mol. The summed E-state index contributed by atoms with van der Waals surface area (Å²) in [4.78, 5) is 9.83. The second kappa shape index (κ2) is 12.7. The van der Waals surface area contributed by atoms with Crippen molar-refractivity contribution in [3.8, 4) is 11.5 Å². The van der Waals surface area contributed by atoms with Gasteiger partial charge >= 0.3 is 0 Å². The fourth-order valence-corrected chi connectivity index (χ4v) is 5.03. The number of benzene rings is 3. The van der Waals surface area contributed by atoms with Crippen molar-refractivity contribution in [1.82, 2.24) is 0 Å². The summed E-state index contributed by atoms with van der Waals surface area (Å²) in [7, 11) is 0. The molecule has 1 unspecified atom stereocenters. The third-order valence-electron chi connectivity index (χ3n) is 7.91. The first kappa shape index (κ1) is 34.1. The van der Waals surface area contributed by atoms with E-state index in [0.717, 1.165) is 27.8 Å². The second-order valence-corrected chi connectivity index (χ2v) is 16.0. The van der Waals surface area contributed by atoms with Gasteiger partial charge in [0.1, 0.15) is 11.5 Å². The van der Waals surface area contributed by atoms with Crippen molar-refractivity contribution in [2.75, 3.05) is 6.54 Å². The highest BCUT2D eigenvalue weighted by Crippen LogP contribution is 2.38. The summed E-state index contributed by atoms with van der Waals surface area (Å²) in [5, 5.41) is 22.5. The van der Waals surface area contributed by atoms with E-state index in [1.807, 2.05) is 30.5 Å². The van der Waals surface area contributed by atoms with Gasteiger partial charge in [-0.1, -0.05) is 126 Å². The van der Waals surface area contributed by atoms with Gasteiger partial charge in [0.15, 0.2) is 0 Å². The molecular weight excluding hydrogens is 528 g/mol. The SMILES string of the molecule is CC(C)(C)c1cc(C=NCC(Cc2ccccc2)N=Cc2cc(C(C)(C)C)cc(C(C)(C)C)c2O)c(O)c(C(C)(C)C)c1. The first-order valence-corrected chi connectivity index (χ1v) is 15.5. The average molecular weight is 583 g/mol. The topological polar surface area (TPSA) is 65.2 Å². The van der Waals surface area contributed by atoms with Crippen LogP contribution in [-0.4, -0.2) is 35.2 Å². The van der Waals surface area contributed by atoms with E-state index in [1.54, 1.807) is 6.21 Å². The first-order chi connectivity index (χ1) is 19.7. The number of aliphatic imine (C=N–C) groups is 2. The summed E-state index contributed by atoms with van der Waals surface area (Å²) >= 11 is 0. The van der Waals surface area contributed by atoms with E-state index in [-0.39, 0.29) is 39.2 Å². The van der Waals surface area contributed by atoms with Gasteiger partial charge in [-0.05, 0) is 56.9 Å². The number of phenolic OH excluding ortho intramolecular Hbond substituents is 2. The molecule has 3 rings (SSSR count). The van der Waals surface area contributed by atoms with Gasteiger partial charge < -0.3 is 10.2 Å². The van der Waals surface area contributed by atoms with Crippen molar-refractivity contribution in [2.45, 2.75) is 117 Å². The Bertz CT molecular complexity index is 1450. The molecule has 2 N–H and O–H groups in total. The van der Waals surface area contributed by atoms with Crippen LogP contribution in [-0.2, 0) is 28.1 Å². The van der Waals surface area contributed by atoms with E-state index in [9.17, 15) is 10.2 Å².